The number of hydrogen-bond acceptors (Lipinski definition) is 5. The molecule has 0 radical (unpaired) electrons. The quantitative estimate of drug-likeness (QED) is 0.677. The van der Waals surface area contributed by atoms with Gasteiger partial charge in [-0.3, -0.25) is 4.79 Å². The lowest BCUT2D eigenvalue weighted by molar-refractivity contribution is -0.125. The van der Waals surface area contributed by atoms with Gasteiger partial charge in [-0.15, -0.1) is 0 Å². The lowest BCUT2D eigenvalue weighted by atomic mass is 10.2. The Kier molecular flexibility index (Phi) is 5.40. The van der Waals surface area contributed by atoms with Crippen LogP contribution in [0.1, 0.15) is 40.5 Å². The minimum Gasteiger partial charge on any atom is -0.467 e. The van der Waals surface area contributed by atoms with Gasteiger partial charge in [0, 0.05) is 0 Å². The molecule has 0 saturated heterocycles. The van der Waals surface area contributed by atoms with E-state index in [2.05, 4.69) is 10.4 Å². The molecule has 1 atom stereocenters. The summed E-state index contributed by atoms with van der Waals surface area (Å²) in [5.41, 5.74) is 2.42. The van der Waals surface area contributed by atoms with Crippen LogP contribution in [0.4, 0.5) is 0 Å². The summed E-state index contributed by atoms with van der Waals surface area (Å²) in [6.45, 7) is 4.95. The van der Waals surface area contributed by atoms with Gasteiger partial charge in [0.15, 0.2) is 6.61 Å². The smallest absolute Gasteiger partial charge is 0.342 e. The first-order chi connectivity index (χ1) is 13.0. The third-order valence-electron chi connectivity index (χ3n) is 4.18. The van der Waals surface area contributed by atoms with E-state index in [9.17, 15) is 9.59 Å². The lowest BCUT2D eigenvalue weighted by Crippen LogP contribution is -2.31. The third kappa shape index (κ3) is 4.08. The molecular formula is C20H21N3O4. The monoisotopic (exact) mass is 367 g/mol. The molecule has 0 spiro atoms. The van der Waals surface area contributed by atoms with E-state index in [-0.39, 0.29) is 12.6 Å². The average molecular weight is 367 g/mol. The van der Waals surface area contributed by atoms with E-state index in [4.69, 9.17) is 9.15 Å². The van der Waals surface area contributed by atoms with Gasteiger partial charge in [-0.25, -0.2) is 9.48 Å². The number of para-hydroxylation sites is 1. The summed E-state index contributed by atoms with van der Waals surface area (Å²) in [6, 6.07) is 12.7. The maximum Gasteiger partial charge on any atom is 0.342 e. The van der Waals surface area contributed by atoms with Crippen LogP contribution >= 0.6 is 0 Å². The second-order valence-electron chi connectivity index (χ2n) is 6.17. The Morgan fingerprint density at radius 1 is 1.19 bits per heavy atom. The minimum absolute atomic E-state index is 0.310. The summed E-state index contributed by atoms with van der Waals surface area (Å²) in [7, 11) is 0. The second-order valence-corrected chi connectivity index (χ2v) is 6.17. The Labute approximate surface area is 156 Å². The number of nitrogens with zero attached hydrogens (tertiary/aromatic N) is 2. The zero-order valence-corrected chi connectivity index (χ0v) is 15.4. The molecule has 0 fully saturated rings. The number of nitrogens with one attached hydrogen (secondary N) is 1. The molecular weight excluding hydrogens is 346 g/mol. The van der Waals surface area contributed by atoms with Crippen LogP contribution in [0.25, 0.3) is 5.69 Å². The van der Waals surface area contributed by atoms with Gasteiger partial charge in [0.1, 0.15) is 11.3 Å². The number of hydrogen-bond donors (Lipinski definition) is 1. The molecule has 0 aliphatic rings. The molecule has 3 aromatic rings. The van der Waals surface area contributed by atoms with Gasteiger partial charge in [-0.1, -0.05) is 18.2 Å². The van der Waals surface area contributed by atoms with Crippen LogP contribution in [0.2, 0.25) is 0 Å². The zero-order valence-electron chi connectivity index (χ0n) is 15.4. The molecule has 0 aliphatic heterocycles. The van der Waals surface area contributed by atoms with Gasteiger partial charge in [-0.2, -0.15) is 5.10 Å². The number of aromatic nitrogens is 2. The maximum absolute atomic E-state index is 12.5. The topological polar surface area (TPSA) is 86.4 Å². The van der Waals surface area contributed by atoms with Gasteiger partial charge in [-0.05, 0) is 45.0 Å². The van der Waals surface area contributed by atoms with Crippen LogP contribution in [0.15, 0.2) is 53.1 Å². The number of amides is 1. The first-order valence-electron chi connectivity index (χ1n) is 8.59. The zero-order chi connectivity index (χ0) is 19.4. The molecule has 0 aliphatic carbocycles. The van der Waals surface area contributed by atoms with Crippen molar-refractivity contribution in [3.63, 3.8) is 0 Å². The van der Waals surface area contributed by atoms with Crippen molar-refractivity contribution in [1.82, 2.24) is 15.1 Å². The van der Waals surface area contributed by atoms with Crippen LogP contribution in [0, 0.1) is 13.8 Å². The van der Waals surface area contributed by atoms with E-state index in [0.29, 0.717) is 22.7 Å². The summed E-state index contributed by atoms with van der Waals surface area (Å²) < 4.78 is 12.1. The Morgan fingerprint density at radius 3 is 2.59 bits per heavy atom. The Hall–Kier alpha value is -3.35. The maximum atomic E-state index is 12.5. The summed E-state index contributed by atoms with van der Waals surface area (Å²) in [5.74, 6) is -0.350. The molecule has 1 N–H and O–H groups in total. The van der Waals surface area contributed by atoms with Crippen LogP contribution < -0.4 is 5.32 Å². The average Bonchev–Trinajstić information content (AvgIpc) is 3.29. The number of ether oxygens (including phenoxy) is 1. The van der Waals surface area contributed by atoms with Crippen molar-refractivity contribution in [2.45, 2.75) is 26.8 Å². The molecule has 140 valence electrons. The Morgan fingerprint density at radius 2 is 1.93 bits per heavy atom. The van der Waals surface area contributed by atoms with E-state index >= 15 is 0 Å². The van der Waals surface area contributed by atoms with E-state index in [1.165, 1.54) is 6.26 Å². The predicted octanol–water partition coefficient (Wildman–Crippen LogP) is 3.12. The van der Waals surface area contributed by atoms with Crippen LogP contribution in [0.5, 0.6) is 0 Å². The lowest BCUT2D eigenvalue weighted by Gasteiger charge is -2.11. The number of carbonyl (C=O) groups excluding carboxylic acids is 2. The highest BCUT2D eigenvalue weighted by Crippen LogP contribution is 2.19. The fraction of sp³-hybridized carbons (Fsp3) is 0.250. The van der Waals surface area contributed by atoms with E-state index in [1.54, 1.807) is 37.6 Å². The molecule has 7 nitrogen and oxygen atoms in total. The molecule has 1 amide bonds. The highest BCUT2D eigenvalue weighted by molar-refractivity contribution is 5.93. The molecule has 3 rings (SSSR count). The number of furan rings is 1. The van der Waals surface area contributed by atoms with Crippen molar-refractivity contribution in [3.8, 4) is 5.69 Å². The minimum atomic E-state index is -0.576. The van der Waals surface area contributed by atoms with Crippen molar-refractivity contribution in [2.24, 2.45) is 0 Å². The van der Waals surface area contributed by atoms with Crippen molar-refractivity contribution in [1.29, 1.82) is 0 Å². The highest BCUT2D eigenvalue weighted by Gasteiger charge is 2.22. The van der Waals surface area contributed by atoms with Crippen LogP contribution in [0.3, 0.4) is 0 Å². The Balaban J connectivity index is 1.65. The van der Waals surface area contributed by atoms with Gasteiger partial charge in [0.2, 0.25) is 0 Å². The van der Waals surface area contributed by atoms with Crippen molar-refractivity contribution in [3.05, 3.63) is 71.4 Å². The van der Waals surface area contributed by atoms with Crippen molar-refractivity contribution < 1.29 is 18.7 Å². The number of aryl methyl sites for hydroxylation is 1. The fourth-order valence-electron chi connectivity index (χ4n) is 2.85. The van der Waals surface area contributed by atoms with Gasteiger partial charge < -0.3 is 14.5 Å². The summed E-state index contributed by atoms with van der Waals surface area (Å²) in [4.78, 5) is 24.5. The number of carbonyl (C=O) groups is 2. The highest BCUT2D eigenvalue weighted by atomic mass is 16.5. The second kappa shape index (κ2) is 7.90. The normalized spacial score (nSPS) is 11.8. The largest absolute Gasteiger partial charge is 0.467 e. The van der Waals surface area contributed by atoms with Crippen molar-refractivity contribution >= 4 is 11.9 Å². The third-order valence-corrected chi connectivity index (χ3v) is 4.18. The van der Waals surface area contributed by atoms with E-state index in [0.717, 1.165) is 5.69 Å². The summed E-state index contributed by atoms with van der Waals surface area (Å²) >= 11 is 0. The summed E-state index contributed by atoms with van der Waals surface area (Å²) in [6.07, 6.45) is 1.54. The molecule has 2 heterocycles. The van der Waals surface area contributed by atoms with Gasteiger partial charge in [0.25, 0.3) is 5.91 Å². The standard InChI is InChI=1S/C20H21N3O4/c1-13(17-10-7-11-26-17)21-18(24)12-27-20(25)19-14(2)22-23(15(19)3)16-8-5-4-6-9-16/h4-11,13H,12H2,1-3H3,(H,21,24)/t13-/m1/s1. The van der Waals surface area contributed by atoms with Crippen molar-refractivity contribution in [2.75, 3.05) is 6.61 Å². The molecule has 0 saturated carbocycles. The van der Waals surface area contributed by atoms with Gasteiger partial charge in [0.05, 0.1) is 29.4 Å². The summed E-state index contributed by atoms with van der Waals surface area (Å²) in [5, 5.41) is 7.13. The predicted molar refractivity (Wildman–Crippen MR) is 98.6 cm³/mol. The van der Waals surface area contributed by atoms with E-state index in [1.807, 2.05) is 30.3 Å². The van der Waals surface area contributed by atoms with Crippen LogP contribution in [-0.2, 0) is 9.53 Å². The molecule has 7 heteroatoms. The number of rotatable bonds is 6. The fourth-order valence-corrected chi connectivity index (χ4v) is 2.85. The number of benzene rings is 1. The van der Waals surface area contributed by atoms with Crippen LogP contribution in [-0.4, -0.2) is 28.3 Å². The molecule has 1 aromatic carbocycles. The molecule has 27 heavy (non-hydrogen) atoms. The first kappa shape index (κ1) is 18.4. The molecule has 0 bridgehead atoms. The SMILES string of the molecule is Cc1nn(-c2ccccc2)c(C)c1C(=O)OCC(=O)N[C@H](C)c1ccco1. The first-order valence-corrected chi connectivity index (χ1v) is 8.59. The molecule has 0 unspecified atom stereocenters. The van der Waals surface area contributed by atoms with E-state index < -0.39 is 11.9 Å². The Bertz CT molecular complexity index is 930. The number of esters is 1. The van der Waals surface area contributed by atoms with Gasteiger partial charge >= 0.3 is 5.97 Å². The molecule has 2 aromatic heterocycles.